The summed E-state index contributed by atoms with van der Waals surface area (Å²) in [7, 11) is 0. The van der Waals surface area contributed by atoms with Gasteiger partial charge in [0.15, 0.2) is 5.13 Å². The molecule has 0 aliphatic carbocycles. The van der Waals surface area contributed by atoms with E-state index in [0.717, 1.165) is 16.6 Å². The summed E-state index contributed by atoms with van der Waals surface area (Å²) in [5, 5.41) is 10.1. The maximum atomic E-state index is 8.79. The monoisotopic (exact) mass is 277 g/mol. The fraction of sp³-hybridized carbons (Fsp3) is 0.600. The molecule has 0 aliphatic heterocycles. The molecule has 0 spiro atoms. The molecule has 0 fully saturated rings. The number of rotatable bonds is 5. The van der Waals surface area contributed by atoms with Crippen molar-refractivity contribution < 1.29 is 0 Å². The SMILES string of the molecule is CCN(CC(C)C#N)c1nc(Cl)c(CCl)s1. The summed E-state index contributed by atoms with van der Waals surface area (Å²) < 4.78 is 0. The molecule has 1 rings (SSSR count). The van der Waals surface area contributed by atoms with Crippen molar-refractivity contribution in [2.24, 2.45) is 5.92 Å². The van der Waals surface area contributed by atoms with Crippen LogP contribution >= 0.6 is 34.5 Å². The summed E-state index contributed by atoms with van der Waals surface area (Å²) in [5.41, 5.74) is 0. The Morgan fingerprint density at radius 3 is 2.75 bits per heavy atom. The van der Waals surface area contributed by atoms with Gasteiger partial charge in [0.05, 0.1) is 22.7 Å². The van der Waals surface area contributed by atoms with Gasteiger partial charge in [-0.25, -0.2) is 4.98 Å². The van der Waals surface area contributed by atoms with Gasteiger partial charge in [-0.05, 0) is 13.8 Å². The second-order valence-electron chi connectivity index (χ2n) is 3.41. The lowest BCUT2D eigenvalue weighted by molar-refractivity contribution is 0.684. The number of hydrogen-bond donors (Lipinski definition) is 0. The molecule has 88 valence electrons. The second kappa shape index (κ2) is 6.29. The first-order valence-electron chi connectivity index (χ1n) is 4.98. The Labute approximate surface area is 110 Å². The van der Waals surface area contributed by atoms with E-state index in [0.29, 0.717) is 17.6 Å². The Kier molecular flexibility index (Phi) is 5.33. The molecule has 0 radical (unpaired) electrons. The Balaban J connectivity index is 2.83. The van der Waals surface area contributed by atoms with Gasteiger partial charge in [-0.2, -0.15) is 5.26 Å². The molecule has 6 heteroatoms. The third-order valence-corrected chi connectivity index (χ3v) is 4.09. The van der Waals surface area contributed by atoms with Crippen molar-refractivity contribution in [3.8, 4) is 6.07 Å². The molecule has 1 unspecified atom stereocenters. The zero-order valence-electron chi connectivity index (χ0n) is 9.20. The zero-order valence-corrected chi connectivity index (χ0v) is 11.5. The highest BCUT2D eigenvalue weighted by Crippen LogP contribution is 2.31. The van der Waals surface area contributed by atoms with Gasteiger partial charge >= 0.3 is 0 Å². The molecule has 0 aliphatic rings. The second-order valence-corrected chi connectivity index (χ2v) is 5.10. The molecule has 0 bridgehead atoms. The summed E-state index contributed by atoms with van der Waals surface area (Å²) >= 11 is 13.2. The van der Waals surface area contributed by atoms with Crippen LogP contribution in [0.25, 0.3) is 0 Å². The van der Waals surface area contributed by atoms with Gasteiger partial charge in [0.25, 0.3) is 0 Å². The normalized spacial score (nSPS) is 12.2. The van der Waals surface area contributed by atoms with Crippen LogP contribution in [-0.4, -0.2) is 18.1 Å². The number of nitrogens with zero attached hydrogens (tertiary/aromatic N) is 3. The van der Waals surface area contributed by atoms with Crippen molar-refractivity contribution in [3.63, 3.8) is 0 Å². The van der Waals surface area contributed by atoms with Crippen molar-refractivity contribution in [2.75, 3.05) is 18.0 Å². The van der Waals surface area contributed by atoms with E-state index in [-0.39, 0.29) is 5.92 Å². The lowest BCUT2D eigenvalue weighted by Gasteiger charge is -2.20. The van der Waals surface area contributed by atoms with E-state index in [4.69, 9.17) is 28.5 Å². The van der Waals surface area contributed by atoms with Crippen molar-refractivity contribution in [3.05, 3.63) is 10.0 Å². The topological polar surface area (TPSA) is 39.9 Å². The molecule has 1 atom stereocenters. The molecular formula is C10H13Cl2N3S. The number of thiazole rings is 1. The predicted octanol–water partition coefficient (Wildman–Crippen LogP) is 3.52. The minimum atomic E-state index is -0.0259. The number of nitriles is 1. The van der Waals surface area contributed by atoms with Crippen LogP contribution in [0, 0.1) is 17.2 Å². The van der Waals surface area contributed by atoms with Gasteiger partial charge in [-0.15, -0.1) is 11.6 Å². The minimum Gasteiger partial charge on any atom is -0.347 e. The van der Waals surface area contributed by atoms with Crippen LogP contribution in [0.1, 0.15) is 18.7 Å². The van der Waals surface area contributed by atoms with Crippen LogP contribution in [0.5, 0.6) is 0 Å². The zero-order chi connectivity index (χ0) is 12.1. The van der Waals surface area contributed by atoms with Crippen molar-refractivity contribution >= 4 is 39.7 Å². The van der Waals surface area contributed by atoms with E-state index in [1.807, 2.05) is 18.7 Å². The molecule has 0 amide bonds. The van der Waals surface area contributed by atoms with Crippen molar-refractivity contribution in [2.45, 2.75) is 19.7 Å². The first-order chi connectivity index (χ1) is 7.62. The number of halogens is 2. The number of aromatic nitrogens is 1. The Morgan fingerprint density at radius 1 is 1.62 bits per heavy atom. The van der Waals surface area contributed by atoms with Crippen LogP contribution in [0.15, 0.2) is 0 Å². The third-order valence-electron chi connectivity index (χ3n) is 2.13. The average molecular weight is 278 g/mol. The van der Waals surface area contributed by atoms with Gasteiger partial charge < -0.3 is 4.90 Å². The van der Waals surface area contributed by atoms with Gasteiger partial charge in [-0.3, -0.25) is 0 Å². The lowest BCUT2D eigenvalue weighted by atomic mass is 10.2. The fourth-order valence-corrected chi connectivity index (χ4v) is 2.80. The average Bonchev–Trinajstić information content (AvgIpc) is 2.66. The third kappa shape index (κ3) is 3.24. The molecular weight excluding hydrogens is 265 g/mol. The van der Waals surface area contributed by atoms with Crippen LogP contribution in [-0.2, 0) is 5.88 Å². The first kappa shape index (κ1) is 13.6. The molecule has 3 nitrogen and oxygen atoms in total. The maximum Gasteiger partial charge on any atom is 0.187 e. The highest BCUT2D eigenvalue weighted by molar-refractivity contribution is 7.16. The van der Waals surface area contributed by atoms with Gasteiger partial charge in [0, 0.05) is 13.1 Å². The number of hydrogen-bond acceptors (Lipinski definition) is 4. The fourth-order valence-electron chi connectivity index (χ4n) is 1.25. The maximum absolute atomic E-state index is 8.79. The Morgan fingerprint density at radius 2 is 2.31 bits per heavy atom. The van der Waals surface area contributed by atoms with Gasteiger partial charge in [0.1, 0.15) is 5.15 Å². The standard InChI is InChI=1S/C10H13Cl2N3S/c1-3-15(6-7(2)5-13)10-14-9(12)8(4-11)16-10/h7H,3-4,6H2,1-2H3. The molecule has 0 saturated heterocycles. The van der Waals surface area contributed by atoms with Crippen LogP contribution < -0.4 is 4.90 Å². The van der Waals surface area contributed by atoms with E-state index >= 15 is 0 Å². The summed E-state index contributed by atoms with van der Waals surface area (Å²) in [6.45, 7) is 5.39. The Hall–Kier alpha value is -0.500. The summed E-state index contributed by atoms with van der Waals surface area (Å²) in [4.78, 5) is 7.17. The van der Waals surface area contributed by atoms with Crippen LogP contribution in [0.4, 0.5) is 5.13 Å². The largest absolute Gasteiger partial charge is 0.347 e. The minimum absolute atomic E-state index is 0.0259. The predicted molar refractivity (Wildman–Crippen MR) is 69.3 cm³/mol. The van der Waals surface area contributed by atoms with Crippen LogP contribution in [0.3, 0.4) is 0 Å². The van der Waals surface area contributed by atoms with Gasteiger partial charge in [0.2, 0.25) is 0 Å². The van der Waals surface area contributed by atoms with Crippen LogP contribution in [0.2, 0.25) is 5.15 Å². The molecule has 0 aromatic carbocycles. The van der Waals surface area contributed by atoms with Crippen molar-refractivity contribution in [1.82, 2.24) is 4.98 Å². The quantitative estimate of drug-likeness (QED) is 0.774. The highest BCUT2D eigenvalue weighted by Gasteiger charge is 2.15. The molecule has 1 heterocycles. The van der Waals surface area contributed by atoms with Gasteiger partial charge in [-0.1, -0.05) is 22.9 Å². The van der Waals surface area contributed by atoms with E-state index in [9.17, 15) is 0 Å². The number of anilines is 1. The summed E-state index contributed by atoms with van der Waals surface area (Å²) in [5.74, 6) is 0.351. The molecule has 16 heavy (non-hydrogen) atoms. The first-order valence-corrected chi connectivity index (χ1v) is 6.71. The van der Waals surface area contributed by atoms with E-state index in [2.05, 4.69) is 11.1 Å². The Bertz CT molecular complexity index is 386. The smallest absolute Gasteiger partial charge is 0.187 e. The molecule has 1 aromatic rings. The summed E-state index contributed by atoms with van der Waals surface area (Å²) in [6, 6.07) is 2.21. The van der Waals surface area contributed by atoms with E-state index in [1.165, 1.54) is 11.3 Å². The van der Waals surface area contributed by atoms with E-state index < -0.39 is 0 Å². The van der Waals surface area contributed by atoms with E-state index in [1.54, 1.807) is 0 Å². The molecule has 1 aromatic heterocycles. The summed E-state index contributed by atoms with van der Waals surface area (Å²) in [6.07, 6.45) is 0. The number of alkyl halides is 1. The van der Waals surface area contributed by atoms with Crippen molar-refractivity contribution in [1.29, 1.82) is 5.26 Å². The molecule has 0 N–H and O–H groups in total. The molecule has 0 saturated carbocycles. The lowest BCUT2D eigenvalue weighted by Crippen LogP contribution is -2.27. The highest BCUT2D eigenvalue weighted by atomic mass is 35.5.